The Morgan fingerprint density at radius 2 is 1.67 bits per heavy atom. The fourth-order valence-electron chi connectivity index (χ4n) is 3.64. The summed E-state index contributed by atoms with van der Waals surface area (Å²) in [6, 6.07) is 10.5. The second-order valence-corrected chi connectivity index (χ2v) is 6.73. The number of fused-ring (bicyclic) bond motifs is 3. The molecule has 0 unspecified atom stereocenters. The number of amides is 1. The molecular formula is C21H15FN2O3. The smallest absolute Gasteiger partial charge is 0.268 e. The van der Waals surface area contributed by atoms with Crippen LogP contribution in [-0.2, 0) is 10.3 Å². The number of Topliss-reactive ketones (excluding diaryl/α,β-unsaturated/α-hetero) is 2. The van der Waals surface area contributed by atoms with Gasteiger partial charge in [0.1, 0.15) is 5.82 Å². The average molecular weight is 362 g/mol. The summed E-state index contributed by atoms with van der Waals surface area (Å²) < 4.78 is 14.4. The van der Waals surface area contributed by atoms with Gasteiger partial charge in [0.25, 0.3) is 5.91 Å². The topological polar surface area (TPSA) is 66.8 Å². The summed E-state index contributed by atoms with van der Waals surface area (Å²) in [6.45, 7) is 3.44. The number of rotatable bonds is 1. The van der Waals surface area contributed by atoms with Crippen molar-refractivity contribution in [3.8, 4) is 0 Å². The van der Waals surface area contributed by atoms with E-state index in [9.17, 15) is 18.8 Å². The number of hydrazone groups is 1. The summed E-state index contributed by atoms with van der Waals surface area (Å²) >= 11 is 0. The molecule has 4 rings (SSSR count). The predicted molar refractivity (Wildman–Crippen MR) is 97.1 cm³/mol. The van der Waals surface area contributed by atoms with Crippen LogP contribution in [0.1, 0.15) is 45.7 Å². The van der Waals surface area contributed by atoms with Gasteiger partial charge in [0.15, 0.2) is 0 Å². The van der Waals surface area contributed by atoms with Crippen LogP contribution < -0.4 is 0 Å². The number of halogens is 1. The molecule has 1 aliphatic carbocycles. The van der Waals surface area contributed by atoms with Crippen molar-refractivity contribution in [1.29, 1.82) is 0 Å². The number of hydrogen-bond donors (Lipinski definition) is 0. The molecule has 1 aliphatic heterocycles. The molecule has 27 heavy (non-hydrogen) atoms. The second kappa shape index (κ2) is 5.81. The zero-order valence-corrected chi connectivity index (χ0v) is 14.7. The molecule has 134 valence electrons. The summed E-state index contributed by atoms with van der Waals surface area (Å²) in [5.74, 6) is -2.39. The van der Waals surface area contributed by atoms with Gasteiger partial charge in [-0.2, -0.15) is 5.10 Å². The third-order valence-corrected chi connectivity index (χ3v) is 4.76. The van der Waals surface area contributed by atoms with Gasteiger partial charge in [0.2, 0.25) is 17.1 Å². The lowest BCUT2D eigenvalue weighted by atomic mass is 9.80. The summed E-state index contributed by atoms with van der Waals surface area (Å²) in [5, 5.41) is 4.92. The minimum atomic E-state index is -2.03. The molecule has 0 fully saturated rings. The standard InChI is InChI=1S/C21H15FN2O3/c1-12(2)10-18(25)24-21(16-8-5-9-17(22)15(16)11-23-24)19(26)13-6-3-4-7-14(13)20(21)27/h3-11H,1-2H3. The van der Waals surface area contributed by atoms with E-state index >= 15 is 0 Å². The van der Waals surface area contributed by atoms with Crippen molar-refractivity contribution in [2.75, 3.05) is 0 Å². The number of allylic oxidation sites excluding steroid dienone is 1. The second-order valence-electron chi connectivity index (χ2n) is 6.73. The predicted octanol–water partition coefficient (Wildman–Crippen LogP) is 3.24. The molecule has 0 N–H and O–H groups in total. The minimum Gasteiger partial charge on any atom is -0.290 e. The van der Waals surface area contributed by atoms with Crippen molar-refractivity contribution in [2.45, 2.75) is 19.4 Å². The Kier molecular flexibility index (Phi) is 3.66. The molecule has 2 aromatic carbocycles. The van der Waals surface area contributed by atoms with Gasteiger partial charge in [-0.1, -0.05) is 42.0 Å². The number of ketones is 2. The van der Waals surface area contributed by atoms with Crippen LogP contribution in [-0.4, -0.2) is 28.7 Å². The molecule has 1 amide bonds. The van der Waals surface area contributed by atoms with Crippen LogP contribution in [0.4, 0.5) is 4.39 Å². The first kappa shape index (κ1) is 17.0. The number of carbonyl (C=O) groups is 3. The molecular weight excluding hydrogens is 347 g/mol. The Labute approximate surface area is 154 Å². The van der Waals surface area contributed by atoms with E-state index in [4.69, 9.17) is 0 Å². The van der Waals surface area contributed by atoms with E-state index in [1.807, 2.05) is 0 Å². The maximum atomic E-state index is 14.4. The highest BCUT2D eigenvalue weighted by molar-refractivity contribution is 6.34. The Morgan fingerprint density at radius 1 is 1.04 bits per heavy atom. The van der Waals surface area contributed by atoms with Crippen LogP contribution in [0.3, 0.4) is 0 Å². The lowest BCUT2D eigenvalue weighted by Gasteiger charge is -2.38. The SMILES string of the molecule is CC(C)=CC(=O)N1N=Cc2c(F)cccc2C12C(=O)c1ccccc1C2=O. The first-order valence-corrected chi connectivity index (χ1v) is 8.39. The summed E-state index contributed by atoms with van der Waals surface area (Å²) in [6.07, 6.45) is 2.48. The van der Waals surface area contributed by atoms with E-state index in [2.05, 4.69) is 5.10 Å². The monoisotopic (exact) mass is 362 g/mol. The average Bonchev–Trinajstić information content (AvgIpc) is 2.85. The first-order valence-electron chi connectivity index (χ1n) is 8.39. The number of nitrogens with zero attached hydrogens (tertiary/aromatic N) is 2. The molecule has 1 spiro atoms. The maximum absolute atomic E-state index is 14.4. The molecule has 2 aliphatic rings. The van der Waals surface area contributed by atoms with Gasteiger partial charge >= 0.3 is 0 Å². The lowest BCUT2D eigenvalue weighted by Crippen LogP contribution is -2.56. The molecule has 0 radical (unpaired) electrons. The van der Waals surface area contributed by atoms with Gasteiger partial charge in [0, 0.05) is 28.3 Å². The van der Waals surface area contributed by atoms with Crippen molar-refractivity contribution in [3.63, 3.8) is 0 Å². The van der Waals surface area contributed by atoms with Crippen LogP contribution >= 0.6 is 0 Å². The van der Waals surface area contributed by atoms with Gasteiger partial charge in [-0.3, -0.25) is 14.4 Å². The highest BCUT2D eigenvalue weighted by Crippen LogP contribution is 2.45. The quantitative estimate of drug-likeness (QED) is 0.578. The third-order valence-electron chi connectivity index (χ3n) is 4.76. The van der Waals surface area contributed by atoms with Gasteiger partial charge in [-0.25, -0.2) is 9.40 Å². The summed E-state index contributed by atoms with van der Waals surface area (Å²) in [4.78, 5) is 39.7. The summed E-state index contributed by atoms with van der Waals surface area (Å²) in [7, 11) is 0. The van der Waals surface area contributed by atoms with Crippen molar-refractivity contribution >= 4 is 23.7 Å². The van der Waals surface area contributed by atoms with E-state index in [0.717, 1.165) is 5.01 Å². The van der Waals surface area contributed by atoms with Crippen molar-refractivity contribution in [2.24, 2.45) is 5.10 Å². The summed E-state index contributed by atoms with van der Waals surface area (Å²) in [5.41, 5.74) is -0.785. The minimum absolute atomic E-state index is 0.0354. The van der Waals surface area contributed by atoms with E-state index in [1.165, 1.54) is 42.6 Å². The Hall–Kier alpha value is -3.41. The zero-order valence-electron chi connectivity index (χ0n) is 14.7. The van der Waals surface area contributed by atoms with Gasteiger partial charge < -0.3 is 0 Å². The highest BCUT2D eigenvalue weighted by atomic mass is 19.1. The normalized spacial score (nSPS) is 16.3. The molecule has 0 saturated carbocycles. The largest absolute Gasteiger partial charge is 0.290 e. The molecule has 0 atom stereocenters. The van der Waals surface area contributed by atoms with E-state index < -0.39 is 28.8 Å². The molecule has 2 aromatic rings. The molecule has 0 saturated heterocycles. The van der Waals surface area contributed by atoms with Gasteiger partial charge in [-0.15, -0.1) is 0 Å². The van der Waals surface area contributed by atoms with Gasteiger partial charge in [-0.05, 0) is 19.9 Å². The number of hydrogen-bond acceptors (Lipinski definition) is 4. The van der Waals surface area contributed by atoms with Crippen molar-refractivity contribution < 1.29 is 18.8 Å². The van der Waals surface area contributed by atoms with Crippen molar-refractivity contribution in [3.05, 3.63) is 82.2 Å². The molecule has 0 bridgehead atoms. The van der Waals surface area contributed by atoms with Crippen LogP contribution in [0.5, 0.6) is 0 Å². The molecule has 6 heteroatoms. The highest BCUT2D eigenvalue weighted by Gasteiger charge is 2.61. The van der Waals surface area contributed by atoms with Crippen LogP contribution in [0.15, 0.2) is 59.2 Å². The van der Waals surface area contributed by atoms with Crippen LogP contribution in [0.2, 0.25) is 0 Å². The lowest BCUT2D eigenvalue weighted by molar-refractivity contribution is -0.130. The third kappa shape index (κ3) is 2.16. The van der Waals surface area contributed by atoms with Crippen LogP contribution in [0, 0.1) is 5.82 Å². The molecule has 1 heterocycles. The van der Waals surface area contributed by atoms with E-state index in [0.29, 0.717) is 5.57 Å². The first-order chi connectivity index (χ1) is 12.9. The molecule has 0 aromatic heterocycles. The Bertz CT molecular complexity index is 1050. The Morgan fingerprint density at radius 3 is 2.26 bits per heavy atom. The number of benzene rings is 2. The molecule has 5 nitrogen and oxygen atoms in total. The van der Waals surface area contributed by atoms with Crippen molar-refractivity contribution in [1.82, 2.24) is 5.01 Å². The number of carbonyl (C=O) groups excluding carboxylic acids is 3. The van der Waals surface area contributed by atoms with Crippen LogP contribution in [0.25, 0.3) is 0 Å². The maximum Gasteiger partial charge on any atom is 0.268 e. The fourth-order valence-corrected chi connectivity index (χ4v) is 3.64. The van der Waals surface area contributed by atoms with E-state index in [-0.39, 0.29) is 22.3 Å². The van der Waals surface area contributed by atoms with Gasteiger partial charge in [0.05, 0.1) is 6.21 Å². The Balaban J connectivity index is 2.05. The zero-order chi connectivity index (χ0) is 19.3. The van der Waals surface area contributed by atoms with E-state index in [1.54, 1.807) is 26.0 Å². The fraction of sp³-hybridized carbons (Fsp3) is 0.143.